The van der Waals surface area contributed by atoms with Gasteiger partial charge >= 0.3 is 0 Å². The molecule has 1 heteroatoms. The normalized spacial score (nSPS) is 11.7. The van der Waals surface area contributed by atoms with E-state index in [1.165, 1.54) is 31.2 Å². The van der Waals surface area contributed by atoms with Gasteiger partial charge < -0.3 is 5.32 Å². The summed E-state index contributed by atoms with van der Waals surface area (Å²) >= 11 is 0. The minimum Gasteiger partial charge on any atom is -0.312 e. The molecular formula is C15H25N. The van der Waals surface area contributed by atoms with Crippen molar-refractivity contribution >= 4 is 0 Å². The number of nitrogens with one attached hydrogen (secondary N) is 1. The van der Waals surface area contributed by atoms with Crippen LogP contribution < -0.4 is 5.32 Å². The first-order valence-corrected chi connectivity index (χ1v) is 6.43. The van der Waals surface area contributed by atoms with Crippen LogP contribution in [0.15, 0.2) is 30.3 Å². The molecule has 0 amide bonds. The van der Waals surface area contributed by atoms with E-state index in [1.807, 2.05) is 0 Å². The average molecular weight is 219 g/mol. The van der Waals surface area contributed by atoms with E-state index >= 15 is 0 Å². The van der Waals surface area contributed by atoms with Crippen LogP contribution in [-0.2, 0) is 6.42 Å². The Labute approximate surface area is 100 Å². The van der Waals surface area contributed by atoms with Gasteiger partial charge in [-0.25, -0.2) is 0 Å². The van der Waals surface area contributed by atoms with E-state index in [9.17, 15) is 0 Å². The van der Waals surface area contributed by atoms with Crippen molar-refractivity contribution in [1.82, 2.24) is 5.32 Å². The van der Waals surface area contributed by atoms with Crippen molar-refractivity contribution in [2.75, 3.05) is 6.54 Å². The maximum atomic E-state index is 3.59. The first-order chi connectivity index (χ1) is 7.64. The molecule has 0 spiro atoms. The van der Waals surface area contributed by atoms with Crippen LogP contribution in [-0.4, -0.2) is 12.1 Å². The summed E-state index contributed by atoms with van der Waals surface area (Å²) < 4.78 is 0. The van der Waals surface area contributed by atoms with Gasteiger partial charge in [-0.05, 0) is 51.6 Å². The number of hydrogen-bond donors (Lipinski definition) is 1. The van der Waals surface area contributed by atoms with Crippen LogP contribution in [0.1, 0.15) is 45.6 Å². The third-order valence-electron chi connectivity index (χ3n) is 3.22. The molecule has 1 N–H and O–H groups in total. The van der Waals surface area contributed by atoms with Crippen molar-refractivity contribution in [2.45, 2.75) is 52.0 Å². The third kappa shape index (κ3) is 5.32. The molecule has 0 saturated carbocycles. The molecule has 90 valence electrons. The molecule has 0 bridgehead atoms. The Bertz CT molecular complexity index is 277. The maximum Gasteiger partial charge on any atom is 0.0122 e. The standard InChI is InChI=1S/C15H25N/c1-4-15(2,3)16-13-9-8-12-14-10-6-5-7-11-14/h5-7,10-11,16H,4,8-9,12-13H2,1-3H3. The van der Waals surface area contributed by atoms with Gasteiger partial charge in [-0.15, -0.1) is 0 Å². The summed E-state index contributed by atoms with van der Waals surface area (Å²) in [7, 11) is 0. The molecule has 0 aliphatic rings. The fraction of sp³-hybridized carbons (Fsp3) is 0.600. The molecule has 0 aliphatic heterocycles. The topological polar surface area (TPSA) is 12.0 Å². The van der Waals surface area contributed by atoms with Gasteiger partial charge in [-0.3, -0.25) is 0 Å². The zero-order valence-corrected chi connectivity index (χ0v) is 10.9. The van der Waals surface area contributed by atoms with Gasteiger partial charge in [0.1, 0.15) is 0 Å². The fourth-order valence-corrected chi connectivity index (χ4v) is 1.65. The molecular weight excluding hydrogens is 194 g/mol. The molecule has 0 unspecified atom stereocenters. The van der Waals surface area contributed by atoms with Gasteiger partial charge in [0.25, 0.3) is 0 Å². The Hall–Kier alpha value is -0.820. The highest BCUT2D eigenvalue weighted by molar-refractivity contribution is 5.14. The zero-order chi connectivity index (χ0) is 11.9. The van der Waals surface area contributed by atoms with Crippen LogP contribution in [0.4, 0.5) is 0 Å². The van der Waals surface area contributed by atoms with Crippen LogP contribution in [0.3, 0.4) is 0 Å². The minimum absolute atomic E-state index is 0.298. The molecule has 0 heterocycles. The first kappa shape index (κ1) is 13.2. The Morgan fingerprint density at radius 2 is 1.75 bits per heavy atom. The maximum absolute atomic E-state index is 3.59. The van der Waals surface area contributed by atoms with E-state index in [1.54, 1.807) is 0 Å². The van der Waals surface area contributed by atoms with E-state index in [0.717, 1.165) is 6.54 Å². The second-order valence-electron chi connectivity index (χ2n) is 5.11. The Balaban J connectivity index is 2.09. The second kappa shape index (κ2) is 6.70. The molecule has 1 rings (SSSR count). The number of benzene rings is 1. The van der Waals surface area contributed by atoms with E-state index in [4.69, 9.17) is 0 Å². The number of hydrogen-bond acceptors (Lipinski definition) is 1. The van der Waals surface area contributed by atoms with Gasteiger partial charge in [0, 0.05) is 5.54 Å². The predicted octanol–water partition coefficient (Wildman–Crippen LogP) is 3.79. The van der Waals surface area contributed by atoms with Gasteiger partial charge in [-0.2, -0.15) is 0 Å². The van der Waals surface area contributed by atoms with Crippen molar-refractivity contribution in [1.29, 1.82) is 0 Å². The summed E-state index contributed by atoms with van der Waals surface area (Å²) in [6.07, 6.45) is 4.93. The largest absolute Gasteiger partial charge is 0.312 e. The molecule has 1 nitrogen and oxygen atoms in total. The van der Waals surface area contributed by atoms with Crippen molar-refractivity contribution in [3.63, 3.8) is 0 Å². The Kier molecular flexibility index (Phi) is 5.54. The summed E-state index contributed by atoms with van der Waals surface area (Å²) in [5.74, 6) is 0. The summed E-state index contributed by atoms with van der Waals surface area (Å²) in [4.78, 5) is 0. The average Bonchev–Trinajstić information content (AvgIpc) is 2.30. The molecule has 0 aliphatic carbocycles. The number of unbranched alkanes of at least 4 members (excludes halogenated alkanes) is 1. The van der Waals surface area contributed by atoms with E-state index in [0.29, 0.717) is 5.54 Å². The summed E-state index contributed by atoms with van der Waals surface area (Å²) in [5.41, 5.74) is 1.75. The van der Waals surface area contributed by atoms with Crippen molar-refractivity contribution in [2.24, 2.45) is 0 Å². The lowest BCUT2D eigenvalue weighted by atomic mass is 10.0. The molecule has 0 aromatic heterocycles. The lowest BCUT2D eigenvalue weighted by Gasteiger charge is -2.24. The molecule has 1 aromatic carbocycles. The minimum atomic E-state index is 0.298. The van der Waals surface area contributed by atoms with Crippen LogP contribution in [0, 0.1) is 0 Å². The lowest BCUT2D eigenvalue weighted by molar-refractivity contribution is 0.372. The molecule has 16 heavy (non-hydrogen) atoms. The number of rotatable bonds is 7. The van der Waals surface area contributed by atoms with E-state index in [-0.39, 0.29) is 0 Å². The van der Waals surface area contributed by atoms with E-state index < -0.39 is 0 Å². The Morgan fingerprint density at radius 3 is 2.38 bits per heavy atom. The van der Waals surface area contributed by atoms with Gasteiger partial charge in [-0.1, -0.05) is 37.3 Å². The Morgan fingerprint density at radius 1 is 1.06 bits per heavy atom. The fourth-order valence-electron chi connectivity index (χ4n) is 1.65. The van der Waals surface area contributed by atoms with Crippen LogP contribution in [0.5, 0.6) is 0 Å². The van der Waals surface area contributed by atoms with Gasteiger partial charge in [0.15, 0.2) is 0 Å². The second-order valence-corrected chi connectivity index (χ2v) is 5.11. The summed E-state index contributed by atoms with van der Waals surface area (Å²) in [6.45, 7) is 7.90. The quantitative estimate of drug-likeness (QED) is 0.688. The smallest absolute Gasteiger partial charge is 0.0122 e. The van der Waals surface area contributed by atoms with Crippen molar-refractivity contribution in [3.05, 3.63) is 35.9 Å². The van der Waals surface area contributed by atoms with Gasteiger partial charge in [0.05, 0.1) is 0 Å². The highest BCUT2D eigenvalue weighted by Gasteiger charge is 2.12. The van der Waals surface area contributed by atoms with Crippen LogP contribution >= 0.6 is 0 Å². The van der Waals surface area contributed by atoms with Crippen LogP contribution in [0.25, 0.3) is 0 Å². The summed E-state index contributed by atoms with van der Waals surface area (Å²) in [5, 5.41) is 3.59. The van der Waals surface area contributed by atoms with E-state index in [2.05, 4.69) is 56.4 Å². The highest BCUT2D eigenvalue weighted by Crippen LogP contribution is 2.08. The monoisotopic (exact) mass is 219 g/mol. The van der Waals surface area contributed by atoms with Crippen molar-refractivity contribution < 1.29 is 0 Å². The molecule has 0 atom stereocenters. The predicted molar refractivity (Wildman–Crippen MR) is 71.8 cm³/mol. The third-order valence-corrected chi connectivity index (χ3v) is 3.22. The molecule has 0 fully saturated rings. The zero-order valence-electron chi connectivity index (χ0n) is 10.9. The highest BCUT2D eigenvalue weighted by atomic mass is 14.9. The molecule has 0 radical (unpaired) electrons. The van der Waals surface area contributed by atoms with Gasteiger partial charge in [0.2, 0.25) is 0 Å². The number of aryl methyl sites for hydroxylation is 1. The van der Waals surface area contributed by atoms with Crippen molar-refractivity contribution in [3.8, 4) is 0 Å². The summed E-state index contributed by atoms with van der Waals surface area (Å²) in [6, 6.07) is 10.7. The van der Waals surface area contributed by atoms with Crippen LogP contribution in [0.2, 0.25) is 0 Å². The first-order valence-electron chi connectivity index (χ1n) is 6.43. The lowest BCUT2D eigenvalue weighted by Crippen LogP contribution is -2.38. The molecule has 1 aromatic rings. The molecule has 0 saturated heterocycles. The SMILES string of the molecule is CCC(C)(C)NCCCCc1ccccc1.